The molecule has 1 saturated heterocycles. The van der Waals surface area contributed by atoms with Crippen molar-refractivity contribution < 1.29 is 14.3 Å². The number of nitrogens with zero attached hydrogens (tertiary/aromatic N) is 4. The van der Waals surface area contributed by atoms with Gasteiger partial charge in [-0.3, -0.25) is 9.36 Å². The number of hydrogen-bond acceptors (Lipinski definition) is 7. The number of rotatable bonds is 5. The van der Waals surface area contributed by atoms with Gasteiger partial charge in [0.25, 0.3) is 5.91 Å². The van der Waals surface area contributed by atoms with E-state index in [1.807, 2.05) is 42.2 Å². The predicted molar refractivity (Wildman–Crippen MR) is 133 cm³/mol. The maximum atomic E-state index is 13.2. The van der Waals surface area contributed by atoms with Crippen molar-refractivity contribution in [2.45, 2.75) is 25.8 Å². The van der Waals surface area contributed by atoms with Crippen molar-refractivity contribution in [1.29, 1.82) is 0 Å². The van der Waals surface area contributed by atoms with E-state index in [-0.39, 0.29) is 18.0 Å². The van der Waals surface area contributed by atoms with Gasteiger partial charge in [-0.25, -0.2) is 14.8 Å². The number of carbonyl (C=O) groups excluding carboxylic acids is 2. The number of benzene rings is 1. The fourth-order valence-corrected chi connectivity index (χ4v) is 5.62. The highest BCUT2D eigenvalue weighted by molar-refractivity contribution is 7.21. The number of ether oxygens (including phenoxy) is 1. The summed E-state index contributed by atoms with van der Waals surface area (Å²) >= 11 is 1.40. The van der Waals surface area contributed by atoms with Crippen LogP contribution in [0.4, 0.5) is 16.3 Å². The molecule has 1 aromatic carbocycles. The van der Waals surface area contributed by atoms with Crippen molar-refractivity contribution in [3.05, 3.63) is 47.2 Å². The van der Waals surface area contributed by atoms with Crippen LogP contribution in [0.3, 0.4) is 0 Å². The molecule has 0 bridgehead atoms. The molecule has 0 spiro atoms. The number of carbonyl (C=O) groups is 2. The molecule has 5 rings (SSSR count). The average Bonchev–Trinajstić information content (AvgIpc) is 3.55. The van der Waals surface area contributed by atoms with Crippen LogP contribution in [-0.4, -0.2) is 64.7 Å². The lowest BCUT2D eigenvalue weighted by Crippen LogP contribution is -2.37. The number of thiophene rings is 1. The van der Waals surface area contributed by atoms with Gasteiger partial charge in [-0.2, -0.15) is 0 Å². The van der Waals surface area contributed by atoms with E-state index >= 15 is 0 Å². The Morgan fingerprint density at radius 2 is 2.09 bits per heavy atom. The van der Waals surface area contributed by atoms with E-state index in [2.05, 4.69) is 20.6 Å². The van der Waals surface area contributed by atoms with Crippen LogP contribution in [0.1, 0.15) is 28.2 Å². The lowest BCUT2D eigenvalue weighted by atomic mass is 10.2. The molecule has 34 heavy (non-hydrogen) atoms. The van der Waals surface area contributed by atoms with Gasteiger partial charge >= 0.3 is 6.03 Å². The molecule has 2 amide bonds. The molecule has 1 fully saturated rings. The van der Waals surface area contributed by atoms with Crippen LogP contribution in [0.25, 0.3) is 21.1 Å². The van der Waals surface area contributed by atoms with Gasteiger partial charge in [0.1, 0.15) is 6.33 Å². The van der Waals surface area contributed by atoms with E-state index in [4.69, 9.17) is 4.74 Å². The first-order valence-corrected chi connectivity index (χ1v) is 12.0. The van der Waals surface area contributed by atoms with E-state index in [1.54, 1.807) is 18.7 Å². The van der Waals surface area contributed by atoms with Crippen LogP contribution in [0, 0.1) is 6.92 Å². The molecular weight excluding hydrogens is 452 g/mol. The summed E-state index contributed by atoms with van der Waals surface area (Å²) in [5.74, 6) is 0.659. The Labute approximate surface area is 200 Å². The Morgan fingerprint density at radius 3 is 2.88 bits per heavy atom. The van der Waals surface area contributed by atoms with Crippen molar-refractivity contribution in [1.82, 2.24) is 24.8 Å². The fraction of sp³-hybridized carbons (Fsp3) is 0.333. The normalized spacial score (nSPS) is 15.9. The number of anilines is 2. The summed E-state index contributed by atoms with van der Waals surface area (Å²) in [6.45, 7) is 3.19. The molecule has 1 aliphatic heterocycles. The predicted octanol–water partition coefficient (Wildman–Crippen LogP) is 4.14. The van der Waals surface area contributed by atoms with Gasteiger partial charge in [-0.15, -0.1) is 11.3 Å². The molecule has 0 radical (unpaired) electrons. The van der Waals surface area contributed by atoms with Crippen LogP contribution in [-0.2, 0) is 4.74 Å². The number of likely N-dealkylation sites (tertiary alicyclic amines) is 1. The van der Waals surface area contributed by atoms with Crippen LogP contribution < -0.4 is 10.6 Å². The molecule has 10 heteroatoms. The summed E-state index contributed by atoms with van der Waals surface area (Å²) in [5.41, 5.74) is 3.25. The molecule has 4 aromatic rings. The number of aryl methyl sites for hydroxylation is 1. The molecule has 9 nitrogen and oxygen atoms in total. The Kier molecular flexibility index (Phi) is 5.93. The third-order valence-electron chi connectivity index (χ3n) is 6.18. The van der Waals surface area contributed by atoms with Crippen LogP contribution in [0.15, 0.2) is 36.7 Å². The zero-order valence-electron chi connectivity index (χ0n) is 19.3. The van der Waals surface area contributed by atoms with Crippen molar-refractivity contribution in [3.8, 4) is 0 Å². The van der Waals surface area contributed by atoms with Crippen molar-refractivity contribution in [3.63, 3.8) is 0 Å². The number of amides is 2. The summed E-state index contributed by atoms with van der Waals surface area (Å²) in [7, 11) is 3.28. The maximum Gasteiger partial charge on any atom is 0.325 e. The number of hydrogen-bond donors (Lipinski definition) is 2. The number of methoxy groups -OCH3 is 1. The summed E-state index contributed by atoms with van der Waals surface area (Å²) in [6.07, 6.45) is 3.45. The molecule has 2 N–H and O–H groups in total. The van der Waals surface area contributed by atoms with Gasteiger partial charge in [0.15, 0.2) is 5.82 Å². The van der Waals surface area contributed by atoms with E-state index in [0.29, 0.717) is 17.3 Å². The fourth-order valence-electron chi connectivity index (χ4n) is 4.61. The van der Waals surface area contributed by atoms with Crippen LogP contribution in [0.5, 0.6) is 0 Å². The van der Waals surface area contributed by atoms with Crippen molar-refractivity contribution in [2.75, 3.05) is 32.6 Å². The van der Waals surface area contributed by atoms with E-state index in [9.17, 15) is 9.59 Å². The minimum atomic E-state index is -0.174. The van der Waals surface area contributed by atoms with E-state index in [0.717, 1.165) is 51.9 Å². The zero-order chi connectivity index (χ0) is 23.8. The smallest absolute Gasteiger partial charge is 0.325 e. The first-order chi connectivity index (χ1) is 16.5. The van der Waals surface area contributed by atoms with Crippen molar-refractivity contribution >= 4 is 55.9 Å². The lowest BCUT2D eigenvalue weighted by molar-refractivity contribution is 0.0635. The first kappa shape index (κ1) is 22.3. The second-order valence-corrected chi connectivity index (χ2v) is 9.42. The quantitative estimate of drug-likeness (QED) is 0.447. The Balaban J connectivity index is 1.45. The molecule has 1 aliphatic rings. The Bertz CT molecular complexity index is 1390. The molecule has 0 aliphatic carbocycles. The highest BCUT2D eigenvalue weighted by Gasteiger charge is 2.30. The molecule has 3 aromatic heterocycles. The second kappa shape index (κ2) is 9.03. The SMILES string of the molecule is CNC(=O)n1c(C)cc2cc(Nc3ncnc4cc(C(=O)N5CCC[C@H]5COC)sc34)ccc21. The average molecular weight is 479 g/mol. The molecule has 176 valence electrons. The summed E-state index contributed by atoms with van der Waals surface area (Å²) in [5, 5.41) is 6.98. The zero-order valence-corrected chi connectivity index (χ0v) is 20.1. The topological polar surface area (TPSA) is 101 Å². The van der Waals surface area contributed by atoms with Gasteiger partial charge in [-0.1, -0.05) is 0 Å². The Hall–Kier alpha value is -3.50. The molecular formula is C24H26N6O3S. The molecule has 0 saturated carbocycles. The van der Waals surface area contributed by atoms with Gasteiger partial charge < -0.3 is 20.3 Å². The lowest BCUT2D eigenvalue weighted by Gasteiger charge is -2.23. The third kappa shape index (κ3) is 3.88. The minimum absolute atomic E-state index is 0.0148. The third-order valence-corrected chi connectivity index (χ3v) is 7.30. The molecule has 1 atom stereocenters. The standard InChI is InChI=1S/C24H26N6O3S/c1-14-9-15-10-16(6-7-19(15)30(14)24(32)25-2)28-22-21-18(26-13-27-22)11-20(34-21)23(31)29-8-4-5-17(29)12-33-3/h6-7,9-11,13,17H,4-5,8,12H2,1-3H3,(H,25,32)(H,26,27,28)/t17-/m0/s1. The first-order valence-electron chi connectivity index (χ1n) is 11.2. The molecule has 0 unspecified atom stereocenters. The Morgan fingerprint density at radius 1 is 1.24 bits per heavy atom. The van der Waals surface area contributed by atoms with Gasteiger partial charge in [0.2, 0.25) is 0 Å². The highest BCUT2D eigenvalue weighted by atomic mass is 32.1. The number of fused-ring (bicyclic) bond motifs is 2. The van der Waals surface area contributed by atoms with E-state index in [1.165, 1.54) is 17.7 Å². The monoisotopic (exact) mass is 478 g/mol. The van der Waals surface area contributed by atoms with Crippen LogP contribution >= 0.6 is 11.3 Å². The van der Waals surface area contributed by atoms with E-state index < -0.39 is 0 Å². The van der Waals surface area contributed by atoms with Crippen LogP contribution in [0.2, 0.25) is 0 Å². The maximum absolute atomic E-state index is 13.2. The summed E-state index contributed by atoms with van der Waals surface area (Å²) in [4.78, 5) is 36.8. The highest BCUT2D eigenvalue weighted by Crippen LogP contribution is 2.33. The summed E-state index contributed by atoms with van der Waals surface area (Å²) in [6, 6.07) is 9.55. The van der Waals surface area contributed by atoms with Gasteiger partial charge in [0.05, 0.1) is 33.3 Å². The van der Waals surface area contributed by atoms with Crippen molar-refractivity contribution in [2.24, 2.45) is 0 Å². The second-order valence-electron chi connectivity index (χ2n) is 8.37. The molecule has 4 heterocycles. The number of nitrogens with one attached hydrogen (secondary N) is 2. The summed E-state index contributed by atoms with van der Waals surface area (Å²) < 4.78 is 7.77. The number of aromatic nitrogens is 3. The largest absolute Gasteiger partial charge is 0.383 e. The van der Waals surface area contributed by atoms with Gasteiger partial charge in [-0.05, 0) is 50.1 Å². The van der Waals surface area contributed by atoms with Gasteiger partial charge in [0, 0.05) is 37.5 Å². The minimum Gasteiger partial charge on any atom is -0.383 e.